The molecule has 0 radical (unpaired) electrons. The average molecular weight is 529 g/mol. The van der Waals surface area contributed by atoms with Gasteiger partial charge in [0.1, 0.15) is 17.6 Å². The van der Waals surface area contributed by atoms with Gasteiger partial charge in [0.25, 0.3) is 0 Å². The molecule has 30 heavy (non-hydrogen) atoms. The highest BCUT2D eigenvalue weighted by molar-refractivity contribution is 14.0. The maximum absolute atomic E-state index is 5.95. The molecule has 0 heterocycles. The topological polar surface area (TPSA) is 73.3 Å². The summed E-state index contributed by atoms with van der Waals surface area (Å²) >= 11 is 0. The Kier molecular flexibility index (Phi) is 11.8. The van der Waals surface area contributed by atoms with Crippen LogP contribution in [0.5, 0.6) is 23.0 Å². The van der Waals surface area contributed by atoms with Gasteiger partial charge in [-0.05, 0) is 43.7 Å². The highest BCUT2D eigenvalue weighted by Crippen LogP contribution is 2.27. The number of nitrogens with one attached hydrogen (secondary N) is 2. The number of rotatable bonds is 10. The molecule has 1 unspecified atom stereocenters. The molecule has 0 saturated heterocycles. The summed E-state index contributed by atoms with van der Waals surface area (Å²) in [6.45, 7) is 5.92. The number of guanidine groups is 1. The normalized spacial score (nSPS) is 11.7. The van der Waals surface area contributed by atoms with Crippen LogP contribution in [0.3, 0.4) is 0 Å². The third kappa shape index (κ3) is 8.17. The lowest BCUT2D eigenvalue weighted by Gasteiger charge is -2.18. The molecule has 2 rings (SSSR count). The molecule has 2 N–H and O–H groups in total. The summed E-state index contributed by atoms with van der Waals surface area (Å²) in [5.41, 5.74) is 1.03. The van der Waals surface area contributed by atoms with E-state index < -0.39 is 0 Å². The highest BCUT2D eigenvalue weighted by atomic mass is 127. The van der Waals surface area contributed by atoms with Gasteiger partial charge in [0.2, 0.25) is 0 Å². The fraction of sp³-hybridized carbons (Fsp3) is 0.409. The molecule has 7 nitrogen and oxygen atoms in total. The summed E-state index contributed by atoms with van der Waals surface area (Å²) in [7, 11) is 4.89. The van der Waals surface area contributed by atoms with Gasteiger partial charge >= 0.3 is 0 Å². The monoisotopic (exact) mass is 529 g/mol. The molecule has 0 aromatic heterocycles. The predicted octanol–water partition coefficient (Wildman–Crippen LogP) is 3.85. The third-order valence-corrected chi connectivity index (χ3v) is 4.15. The molecule has 0 aliphatic heterocycles. The van der Waals surface area contributed by atoms with Crippen molar-refractivity contribution in [3.63, 3.8) is 0 Å². The van der Waals surface area contributed by atoms with Crippen LogP contribution in [-0.4, -0.2) is 46.5 Å². The van der Waals surface area contributed by atoms with Gasteiger partial charge in [-0.3, -0.25) is 0 Å². The van der Waals surface area contributed by atoms with Crippen molar-refractivity contribution in [2.24, 2.45) is 4.99 Å². The zero-order valence-electron chi connectivity index (χ0n) is 18.2. The van der Waals surface area contributed by atoms with Gasteiger partial charge in [-0.1, -0.05) is 12.1 Å². The lowest BCUT2D eigenvalue weighted by Crippen LogP contribution is -2.41. The van der Waals surface area contributed by atoms with E-state index >= 15 is 0 Å². The van der Waals surface area contributed by atoms with Crippen LogP contribution in [0.15, 0.2) is 47.5 Å². The molecule has 0 aliphatic rings. The number of benzene rings is 2. The molecular formula is C22H32IN3O4. The van der Waals surface area contributed by atoms with E-state index in [1.807, 2.05) is 56.3 Å². The van der Waals surface area contributed by atoms with Gasteiger partial charge in [0, 0.05) is 12.6 Å². The van der Waals surface area contributed by atoms with E-state index in [2.05, 4.69) is 15.6 Å². The Hall–Kier alpha value is -2.36. The van der Waals surface area contributed by atoms with Crippen molar-refractivity contribution in [2.45, 2.75) is 26.5 Å². The van der Waals surface area contributed by atoms with E-state index in [9.17, 15) is 0 Å². The lowest BCUT2D eigenvalue weighted by molar-refractivity contribution is 0.223. The van der Waals surface area contributed by atoms with Crippen molar-refractivity contribution in [1.82, 2.24) is 10.6 Å². The van der Waals surface area contributed by atoms with Gasteiger partial charge in [-0.15, -0.1) is 24.0 Å². The number of ether oxygens (including phenoxy) is 4. The van der Waals surface area contributed by atoms with E-state index in [1.54, 1.807) is 21.3 Å². The average Bonchev–Trinajstić information content (AvgIpc) is 2.75. The molecule has 166 valence electrons. The lowest BCUT2D eigenvalue weighted by atomic mass is 10.2. The van der Waals surface area contributed by atoms with Gasteiger partial charge < -0.3 is 29.6 Å². The second-order valence-corrected chi connectivity index (χ2v) is 6.37. The quantitative estimate of drug-likeness (QED) is 0.277. The van der Waals surface area contributed by atoms with E-state index in [-0.39, 0.29) is 30.1 Å². The summed E-state index contributed by atoms with van der Waals surface area (Å²) in [6, 6.07) is 13.4. The van der Waals surface area contributed by atoms with Crippen LogP contribution in [0, 0.1) is 0 Å². The molecule has 8 heteroatoms. The molecule has 0 bridgehead atoms. The summed E-state index contributed by atoms with van der Waals surface area (Å²) < 4.78 is 21.8. The van der Waals surface area contributed by atoms with Crippen LogP contribution in [0.2, 0.25) is 0 Å². The van der Waals surface area contributed by atoms with Crippen LogP contribution < -0.4 is 29.6 Å². The number of hydrogen-bond acceptors (Lipinski definition) is 5. The number of aliphatic imine (C=N–C) groups is 1. The van der Waals surface area contributed by atoms with Gasteiger partial charge in [0.05, 0.1) is 34.4 Å². The Balaban J connectivity index is 0.00000450. The minimum absolute atomic E-state index is 0. The highest BCUT2D eigenvalue weighted by Gasteiger charge is 2.08. The molecule has 0 spiro atoms. The van der Waals surface area contributed by atoms with E-state index in [1.165, 1.54) is 0 Å². The zero-order chi connectivity index (χ0) is 21.1. The third-order valence-electron chi connectivity index (χ3n) is 4.15. The summed E-state index contributed by atoms with van der Waals surface area (Å²) in [6.07, 6.45) is -0.0490. The van der Waals surface area contributed by atoms with Crippen molar-refractivity contribution >= 4 is 29.9 Å². The molecule has 0 fully saturated rings. The molecule has 1 atom stereocenters. The van der Waals surface area contributed by atoms with E-state index in [4.69, 9.17) is 18.9 Å². The van der Waals surface area contributed by atoms with Crippen LogP contribution in [0.1, 0.15) is 19.4 Å². The molecular weight excluding hydrogens is 497 g/mol. The maximum Gasteiger partial charge on any atom is 0.191 e. The summed E-state index contributed by atoms with van der Waals surface area (Å²) in [4.78, 5) is 4.64. The maximum atomic E-state index is 5.95. The first-order valence-electron chi connectivity index (χ1n) is 9.63. The van der Waals surface area contributed by atoms with Gasteiger partial charge in [-0.2, -0.15) is 0 Å². The van der Waals surface area contributed by atoms with E-state index in [0.717, 1.165) is 29.6 Å². The van der Waals surface area contributed by atoms with Crippen molar-refractivity contribution in [1.29, 1.82) is 0 Å². The Morgan fingerprint density at radius 2 is 1.67 bits per heavy atom. The first kappa shape index (κ1) is 25.7. The second kappa shape index (κ2) is 13.8. The van der Waals surface area contributed by atoms with Crippen molar-refractivity contribution < 1.29 is 18.9 Å². The minimum atomic E-state index is -0.0490. The smallest absolute Gasteiger partial charge is 0.191 e. The fourth-order valence-corrected chi connectivity index (χ4v) is 2.68. The number of hydrogen-bond donors (Lipinski definition) is 2. The van der Waals surface area contributed by atoms with Crippen molar-refractivity contribution in [2.75, 3.05) is 34.4 Å². The molecule has 0 aliphatic carbocycles. The molecule has 0 saturated carbocycles. The minimum Gasteiger partial charge on any atom is -0.497 e. The number of halogens is 1. The van der Waals surface area contributed by atoms with Gasteiger partial charge in [0.15, 0.2) is 17.5 Å². The van der Waals surface area contributed by atoms with Crippen LogP contribution in [0.4, 0.5) is 0 Å². The second-order valence-electron chi connectivity index (χ2n) is 6.37. The fourth-order valence-electron chi connectivity index (χ4n) is 2.68. The Bertz CT molecular complexity index is 802. The summed E-state index contributed by atoms with van der Waals surface area (Å²) in [5.74, 6) is 3.66. The van der Waals surface area contributed by atoms with Crippen LogP contribution in [0.25, 0.3) is 0 Å². The van der Waals surface area contributed by atoms with Crippen molar-refractivity contribution in [3.8, 4) is 23.0 Å². The Labute approximate surface area is 196 Å². The standard InChI is InChI=1S/C22H31N3O4.HI/c1-6-23-22(25-15-17-10-11-20(27-4)21(12-17)28-5)24-14-16(2)29-19-9-7-8-18(13-19)26-3;/h7-13,16H,6,14-15H2,1-5H3,(H2,23,24,25);1H. The Morgan fingerprint density at radius 3 is 2.33 bits per heavy atom. The van der Waals surface area contributed by atoms with Crippen molar-refractivity contribution in [3.05, 3.63) is 48.0 Å². The Morgan fingerprint density at radius 1 is 0.933 bits per heavy atom. The van der Waals surface area contributed by atoms with E-state index in [0.29, 0.717) is 24.6 Å². The van der Waals surface area contributed by atoms with Crippen LogP contribution >= 0.6 is 24.0 Å². The number of nitrogens with zero attached hydrogens (tertiary/aromatic N) is 1. The van der Waals surface area contributed by atoms with Gasteiger partial charge in [-0.25, -0.2) is 4.99 Å². The predicted molar refractivity (Wildman–Crippen MR) is 131 cm³/mol. The SMILES string of the molecule is CCNC(=NCc1ccc(OC)c(OC)c1)NCC(C)Oc1cccc(OC)c1.I. The van der Waals surface area contributed by atoms with Crippen LogP contribution in [-0.2, 0) is 6.54 Å². The molecule has 0 amide bonds. The summed E-state index contributed by atoms with van der Waals surface area (Å²) in [5, 5.41) is 6.57. The molecule has 2 aromatic carbocycles. The zero-order valence-corrected chi connectivity index (χ0v) is 20.6. The molecule has 2 aromatic rings. The first-order chi connectivity index (χ1) is 14.1. The largest absolute Gasteiger partial charge is 0.497 e. The number of methoxy groups -OCH3 is 3. The first-order valence-corrected chi connectivity index (χ1v) is 9.63.